The van der Waals surface area contributed by atoms with E-state index in [4.69, 9.17) is 0 Å². The molecule has 1 aliphatic rings. The van der Waals surface area contributed by atoms with Gasteiger partial charge in [-0.2, -0.15) is 0 Å². The van der Waals surface area contributed by atoms with Crippen molar-refractivity contribution in [3.63, 3.8) is 0 Å². The number of carbonyl (C=O) groups is 1. The normalized spacial score (nSPS) is 21.2. The van der Waals surface area contributed by atoms with Gasteiger partial charge in [0, 0.05) is 18.0 Å². The van der Waals surface area contributed by atoms with Crippen molar-refractivity contribution in [3.05, 3.63) is 11.1 Å². The quantitative estimate of drug-likeness (QED) is 0.783. The number of aromatic nitrogens is 2. The molecule has 1 aromatic heterocycles. The van der Waals surface area contributed by atoms with Crippen LogP contribution in [0.25, 0.3) is 0 Å². The molecule has 1 saturated heterocycles. The van der Waals surface area contributed by atoms with Gasteiger partial charge < -0.3 is 10.6 Å². The van der Waals surface area contributed by atoms with E-state index in [2.05, 4.69) is 20.2 Å². The lowest BCUT2D eigenvalue weighted by molar-refractivity contribution is 0.0943. The molecule has 1 fully saturated rings. The molecular formula is C9H14N4OS. The zero-order valence-corrected chi connectivity index (χ0v) is 9.22. The number of hydrogen-bond acceptors (Lipinski definition) is 5. The summed E-state index contributed by atoms with van der Waals surface area (Å²) in [5.41, 5.74) is 0.413. The lowest BCUT2D eigenvalue weighted by Gasteiger charge is -2.23. The van der Waals surface area contributed by atoms with E-state index >= 15 is 0 Å². The van der Waals surface area contributed by atoms with E-state index in [-0.39, 0.29) is 5.91 Å². The Morgan fingerprint density at radius 3 is 3.27 bits per heavy atom. The lowest BCUT2D eigenvalue weighted by Crippen LogP contribution is -2.43. The smallest absolute Gasteiger partial charge is 0.272 e. The van der Waals surface area contributed by atoms with Crippen LogP contribution in [0, 0.1) is 0 Å². The third-order valence-electron chi connectivity index (χ3n) is 2.51. The van der Waals surface area contributed by atoms with Crippen molar-refractivity contribution in [1.82, 2.24) is 20.2 Å². The van der Waals surface area contributed by atoms with Crippen molar-refractivity contribution in [3.8, 4) is 0 Å². The van der Waals surface area contributed by atoms with Crippen LogP contribution in [-0.2, 0) is 0 Å². The van der Waals surface area contributed by atoms with Crippen molar-refractivity contribution < 1.29 is 4.79 Å². The molecule has 0 radical (unpaired) electrons. The zero-order valence-electron chi connectivity index (χ0n) is 8.40. The fraction of sp³-hybridized carbons (Fsp3) is 0.667. The summed E-state index contributed by atoms with van der Waals surface area (Å²) in [6.45, 7) is 1.73. The number of nitrogens with one attached hydrogen (secondary N) is 2. The van der Waals surface area contributed by atoms with Gasteiger partial charge in [0.15, 0.2) is 5.69 Å². The maximum atomic E-state index is 11.5. The first-order valence-corrected chi connectivity index (χ1v) is 5.98. The van der Waals surface area contributed by atoms with Crippen LogP contribution in [-0.4, -0.2) is 34.6 Å². The summed E-state index contributed by atoms with van der Waals surface area (Å²) in [5, 5.41) is 11.6. The summed E-state index contributed by atoms with van der Waals surface area (Å²) in [6, 6.07) is 0.411. The topological polar surface area (TPSA) is 66.9 Å². The van der Waals surface area contributed by atoms with Gasteiger partial charge in [0.2, 0.25) is 0 Å². The van der Waals surface area contributed by atoms with Gasteiger partial charge in [-0.1, -0.05) is 10.9 Å². The van der Waals surface area contributed by atoms with Crippen molar-refractivity contribution in [2.24, 2.45) is 0 Å². The number of rotatable bonds is 3. The summed E-state index contributed by atoms with van der Waals surface area (Å²) in [4.78, 5) is 11.5. The molecule has 2 rings (SSSR count). The van der Waals surface area contributed by atoms with Gasteiger partial charge >= 0.3 is 0 Å². The molecule has 15 heavy (non-hydrogen) atoms. The second kappa shape index (κ2) is 5.18. The molecule has 1 amide bonds. The third-order valence-corrected chi connectivity index (χ3v) is 3.02. The van der Waals surface area contributed by atoms with Gasteiger partial charge in [0.1, 0.15) is 0 Å². The Hall–Kier alpha value is -1.01. The van der Waals surface area contributed by atoms with E-state index in [0.717, 1.165) is 13.0 Å². The van der Waals surface area contributed by atoms with E-state index in [0.29, 0.717) is 18.3 Å². The largest absolute Gasteiger partial charge is 0.349 e. The summed E-state index contributed by atoms with van der Waals surface area (Å²) < 4.78 is 3.65. The molecule has 2 heterocycles. The monoisotopic (exact) mass is 226 g/mol. The Kier molecular flexibility index (Phi) is 3.63. The molecule has 0 bridgehead atoms. The van der Waals surface area contributed by atoms with Crippen LogP contribution in [0.15, 0.2) is 5.38 Å². The molecule has 1 atom stereocenters. The van der Waals surface area contributed by atoms with E-state index < -0.39 is 0 Å². The molecule has 1 aromatic rings. The van der Waals surface area contributed by atoms with Crippen molar-refractivity contribution in [2.75, 3.05) is 13.1 Å². The van der Waals surface area contributed by atoms with E-state index in [1.807, 2.05) is 0 Å². The zero-order chi connectivity index (χ0) is 10.5. The number of amides is 1. The first kappa shape index (κ1) is 10.5. The van der Waals surface area contributed by atoms with Gasteiger partial charge in [-0.15, -0.1) is 5.10 Å². The molecule has 0 aliphatic carbocycles. The number of carbonyl (C=O) groups excluding carboxylic acids is 1. The Morgan fingerprint density at radius 1 is 1.67 bits per heavy atom. The van der Waals surface area contributed by atoms with E-state index in [1.165, 1.54) is 24.4 Å². The number of piperidine rings is 1. The first-order chi connectivity index (χ1) is 7.36. The van der Waals surface area contributed by atoms with Crippen LogP contribution in [0.1, 0.15) is 29.8 Å². The lowest BCUT2D eigenvalue weighted by atomic mass is 10.1. The van der Waals surface area contributed by atoms with E-state index in [1.54, 1.807) is 5.38 Å². The molecule has 2 N–H and O–H groups in total. The molecule has 82 valence electrons. The van der Waals surface area contributed by atoms with Crippen LogP contribution in [0.4, 0.5) is 0 Å². The Morgan fingerprint density at radius 2 is 2.60 bits per heavy atom. The molecule has 1 unspecified atom stereocenters. The number of nitrogens with zero attached hydrogens (tertiary/aromatic N) is 2. The molecule has 0 saturated carbocycles. The fourth-order valence-corrected chi connectivity index (χ4v) is 2.10. The van der Waals surface area contributed by atoms with Crippen LogP contribution >= 0.6 is 11.5 Å². The maximum absolute atomic E-state index is 11.5. The molecule has 0 aromatic carbocycles. The van der Waals surface area contributed by atoms with Crippen LogP contribution in [0.3, 0.4) is 0 Å². The van der Waals surface area contributed by atoms with Crippen molar-refractivity contribution in [2.45, 2.75) is 25.3 Å². The Bertz CT molecular complexity index is 308. The van der Waals surface area contributed by atoms with Crippen LogP contribution in [0.2, 0.25) is 0 Å². The highest BCUT2D eigenvalue weighted by molar-refractivity contribution is 7.03. The predicted octanol–water partition coefficient (Wildman–Crippen LogP) is 0.410. The maximum Gasteiger partial charge on any atom is 0.272 e. The summed E-state index contributed by atoms with van der Waals surface area (Å²) in [6.07, 6.45) is 3.61. The van der Waals surface area contributed by atoms with Crippen molar-refractivity contribution >= 4 is 17.4 Å². The molecule has 5 nitrogen and oxygen atoms in total. The summed E-state index contributed by atoms with van der Waals surface area (Å²) in [5.74, 6) is -0.129. The van der Waals surface area contributed by atoms with Gasteiger partial charge in [-0.3, -0.25) is 4.79 Å². The van der Waals surface area contributed by atoms with Gasteiger partial charge in [0.25, 0.3) is 5.91 Å². The Labute approximate surface area is 92.4 Å². The first-order valence-electron chi connectivity index (χ1n) is 5.15. The summed E-state index contributed by atoms with van der Waals surface area (Å²) in [7, 11) is 0. The Balaban J connectivity index is 1.75. The summed E-state index contributed by atoms with van der Waals surface area (Å²) >= 11 is 1.19. The molecule has 1 aliphatic heterocycles. The average molecular weight is 226 g/mol. The third kappa shape index (κ3) is 2.97. The fourth-order valence-electron chi connectivity index (χ4n) is 1.67. The second-order valence-corrected chi connectivity index (χ2v) is 4.26. The van der Waals surface area contributed by atoms with Crippen LogP contribution in [0.5, 0.6) is 0 Å². The van der Waals surface area contributed by atoms with Crippen molar-refractivity contribution in [1.29, 1.82) is 0 Å². The van der Waals surface area contributed by atoms with Gasteiger partial charge in [-0.05, 0) is 30.9 Å². The average Bonchev–Trinajstić information content (AvgIpc) is 2.81. The standard InChI is InChI=1S/C9H14N4OS/c14-9(8-6-15-13-12-8)11-5-7-3-1-2-4-10-7/h6-7,10H,1-5H2,(H,11,14). The minimum Gasteiger partial charge on any atom is -0.349 e. The minimum atomic E-state index is -0.129. The van der Waals surface area contributed by atoms with Gasteiger partial charge in [0.05, 0.1) is 0 Å². The highest BCUT2D eigenvalue weighted by Gasteiger charge is 2.14. The second-order valence-electron chi connectivity index (χ2n) is 3.65. The minimum absolute atomic E-state index is 0.129. The molecular weight excluding hydrogens is 212 g/mol. The highest BCUT2D eigenvalue weighted by Crippen LogP contribution is 2.06. The SMILES string of the molecule is O=C(NCC1CCCCN1)c1csnn1. The predicted molar refractivity (Wildman–Crippen MR) is 57.9 cm³/mol. The van der Waals surface area contributed by atoms with Gasteiger partial charge in [-0.25, -0.2) is 0 Å². The van der Waals surface area contributed by atoms with Crippen LogP contribution < -0.4 is 10.6 Å². The molecule has 6 heteroatoms. The van der Waals surface area contributed by atoms with E-state index in [9.17, 15) is 4.79 Å². The number of hydrogen-bond donors (Lipinski definition) is 2. The highest BCUT2D eigenvalue weighted by atomic mass is 32.1. The molecule has 0 spiro atoms.